The predicted octanol–water partition coefficient (Wildman–Crippen LogP) is 1.23. The zero-order valence-corrected chi connectivity index (χ0v) is 10.6. The molecule has 2 aliphatic heterocycles. The van der Waals surface area contributed by atoms with Gasteiger partial charge in [-0.15, -0.1) is 0 Å². The summed E-state index contributed by atoms with van der Waals surface area (Å²) < 4.78 is 0. The minimum absolute atomic E-state index is 0.0870. The Morgan fingerprint density at radius 2 is 2.12 bits per heavy atom. The molecule has 0 aromatic rings. The molecule has 0 saturated carbocycles. The second-order valence-corrected chi connectivity index (χ2v) is 5.27. The third-order valence-electron chi connectivity index (χ3n) is 3.90. The summed E-state index contributed by atoms with van der Waals surface area (Å²) >= 11 is 0. The summed E-state index contributed by atoms with van der Waals surface area (Å²) in [5, 5.41) is 8.85. The highest BCUT2D eigenvalue weighted by Crippen LogP contribution is 2.19. The molecular weight excluding hydrogens is 214 g/mol. The Bertz CT molecular complexity index is 317. The van der Waals surface area contributed by atoms with Crippen LogP contribution in [0.1, 0.15) is 32.6 Å². The first-order valence-corrected chi connectivity index (χ1v) is 6.62. The number of nitriles is 1. The topological polar surface area (TPSA) is 47.3 Å². The van der Waals surface area contributed by atoms with Gasteiger partial charge in [0.05, 0.1) is 12.0 Å². The van der Waals surface area contributed by atoms with Crippen molar-refractivity contribution in [3.63, 3.8) is 0 Å². The standard InChI is InChI=1S/C13H21N3O/c1-11(15-5-3-2-4-6-15)9-16-10-12(8-14)7-13(16)17/h11-12H,2-7,9-10H2,1H3. The van der Waals surface area contributed by atoms with Gasteiger partial charge in [0.2, 0.25) is 5.91 Å². The Morgan fingerprint density at radius 1 is 1.41 bits per heavy atom. The summed E-state index contributed by atoms with van der Waals surface area (Å²) in [7, 11) is 0. The summed E-state index contributed by atoms with van der Waals surface area (Å²) in [6, 6.07) is 2.63. The fourth-order valence-corrected chi connectivity index (χ4v) is 2.83. The van der Waals surface area contributed by atoms with Crippen molar-refractivity contribution in [1.29, 1.82) is 5.26 Å². The van der Waals surface area contributed by atoms with E-state index < -0.39 is 0 Å². The second-order valence-electron chi connectivity index (χ2n) is 5.27. The summed E-state index contributed by atoms with van der Waals surface area (Å²) in [6.45, 7) is 5.93. The molecule has 0 bridgehead atoms. The average Bonchev–Trinajstić information content (AvgIpc) is 2.71. The van der Waals surface area contributed by atoms with Crippen LogP contribution in [0.2, 0.25) is 0 Å². The maximum atomic E-state index is 11.7. The Kier molecular flexibility index (Phi) is 4.01. The van der Waals surface area contributed by atoms with Crippen molar-refractivity contribution in [1.82, 2.24) is 9.80 Å². The van der Waals surface area contributed by atoms with Crippen LogP contribution < -0.4 is 0 Å². The Hall–Kier alpha value is -1.08. The van der Waals surface area contributed by atoms with Crippen LogP contribution >= 0.6 is 0 Å². The van der Waals surface area contributed by atoms with Gasteiger partial charge in [-0.3, -0.25) is 9.69 Å². The lowest BCUT2D eigenvalue weighted by Gasteiger charge is -2.34. The number of likely N-dealkylation sites (tertiary alicyclic amines) is 2. The van der Waals surface area contributed by atoms with Crippen molar-refractivity contribution in [3.05, 3.63) is 0 Å². The molecule has 2 aliphatic rings. The smallest absolute Gasteiger partial charge is 0.224 e. The van der Waals surface area contributed by atoms with Gasteiger partial charge in [-0.25, -0.2) is 0 Å². The van der Waals surface area contributed by atoms with Crippen molar-refractivity contribution in [2.75, 3.05) is 26.2 Å². The predicted molar refractivity (Wildman–Crippen MR) is 65.2 cm³/mol. The van der Waals surface area contributed by atoms with Gasteiger partial charge in [0.25, 0.3) is 0 Å². The molecule has 0 spiro atoms. The fourth-order valence-electron chi connectivity index (χ4n) is 2.83. The molecule has 1 amide bonds. The molecule has 0 aromatic heterocycles. The normalized spacial score (nSPS) is 28.1. The number of piperidine rings is 1. The molecule has 4 heteroatoms. The zero-order valence-electron chi connectivity index (χ0n) is 10.6. The molecule has 0 radical (unpaired) electrons. The molecule has 0 aliphatic carbocycles. The Labute approximate surface area is 103 Å². The third-order valence-corrected chi connectivity index (χ3v) is 3.90. The van der Waals surface area contributed by atoms with Gasteiger partial charge in [0, 0.05) is 25.6 Å². The summed E-state index contributed by atoms with van der Waals surface area (Å²) in [6.07, 6.45) is 4.31. The number of hydrogen-bond donors (Lipinski definition) is 0. The van der Waals surface area contributed by atoms with Crippen LogP contribution in [0.4, 0.5) is 0 Å². The maximum absolute atomic E-state index is 11.7. The first kappa shape index (κ1) is 12.4. The van der Waals surface area contributed by atoms with E-state index in [1.807, 2.05) is 4.90 Å². The van der Waals surface area contributed by atoms with Crippen LogP contribution in [0.15, 0.2) is 0 Å². The van der Waals surface area contributed by atoms with Gasteiger partial charge in [-0.1, -0.05) is 6.42 Å². The third kappa shape index (κ3) is 2.98. The van der Waals surface area contributed by atoms with E-state index in [0.29, 0.717) is 19.0 Å². The highest BCUT2D eigenvalue weighted by atomic mass is 16.2. The van der Waals surface area contributed by atoms with Crippen molar-refractivity contribution in [3.8, 4) is 6.07 Å². The summed E-state index contributed by atoms with van der Waals surface area (Å²) in [4.78, 5) is 16.1. The van der Waals surface area contributed by atoms with E-state index in [2.05, 4.69) is 17.9 Å². The highest BCUT2D eigenvalue weighted by Gasteiger charge is 2.31. The zero-order chi connectivity index (χ0) is 12.3. The van der Waals surface area contributed by atoms with Crippen molar-refractivity contribution < 1.29 is 4.79 Å². The number of nitrogens with zero attached hydrogens (tertiary/aromatic N) is 3. The first-order valence-electron chi connectivity index (χ1n) is 6.62. The maximum Gasteiger partial charge on any atom is 0.224 e. The quantitative estimate of drug-likeness (QED) is 0.739. The number of amides is 1. The van der Waals surface area contributed by atoms with E-state index in [1.165, 1.54) is 19.3 Å². The Balaban J connectivity index is 1.84. The molecule has 2 atom stereocenters. The minimum Gasteiger partial charge on any atom is -0.340 e. The minimum atomic E-state index is -0.0870. The fraction of sp³-hybridized carbons (Fsp3) is 0.846. The molecule has 2 fully saturated rings. The van der Waals surface area contributed by atoms with Crippen LogP contribution in [0.5, 0.6) is 0 Å². The van der Waals surface area contributed by atoms with Crippen molar-refractivity contribution >= 4 is 5.91 Å². The van der Waals surface area contributed by atoms with Gasteiger partial charge in [0.1, 0.15) is 0 Å². The van der Waals surface area contributed by atoms with E-state index in [-0.39, 0.29) is 11.8 Å². The van der Waals surface area contributed by atoms with Gasteiger partial charge in [0.15, 0.2) is 0 Å². The lowest BCUT2D eigenvalue weighted by molar-refractivity contribution is -0.128. The molecule has 2 heterocycles. The monoisotopic (exact) mass is 235 g/mol. The molecule has 0 N–H and O–H groups in total. The second kappa shape index (κ2) is 5.50. The molecule has 17 heavy (non-hydrogen) atoms. The summed E-state index contributed by atoms with van der Waals surface area (Å²) in [5.74, 6) is 0.0662. The first-order chi connectivity index (χ1) is 8.20. The van der Waals surface area contributed by atoms with Crippen molar-refractivity contribution in [2.45, 2.75) is 38.6 Å². The largest absolute Gasteiger partial charge is 0.340 e. The van der Waals surface area contributed by atoms with E-state index in [1.54, 1.807) is 0 Å². The van der Waals surface area contributed by atoms with Gasteiger partial charge in [-0.2, -0.15) is 5.26 Å². The van der Waals surface area contributed by atoms with E-state index >= 15 is 0 Å². The van der Waals surface area contributed by atoms with Gasteiger partial charge >= 0.3 is 0 Å². The van der Waals surface area contributed by atoms with Crippen LogP contribution in [0.25, 0.3) is 0 Å². The molecule has 4 nitrogen and oxygen atoms in total. The van der Waals surface area contributed by atoms with E-state index in [0.717, 1.165) is 19.6 Å². The van der Waals surface area contributed by atoms with Crippen LogP contribution in [0.3, 0.4) is 0 Å². The lowest BCUT2D eigenvalue weighted by Crippen LogP contribution is -2.45. The van der Waals surface area contributed by atoms with Crippen molar-refractivity contribution in [2.24, 2.45) is 5.92 Å². The molecule has 2 rings (SSSR count). The number of carbonyl (C=O) groups excluding carboxylic acids is 1. The Morgan fingerprint density at radius 3 is 2.71 bits per heavy atom. The van der Waals surface area contributed by atoms with Crippen LogP contribution in [-0.2, 0) is 4.79 Å². The number of carbonyl (C=O) groups is 1. The number of rotatable bonds is 3. The highest BCUT2D eigenvalue weighted by molar-refractivity contribution is 5.79. The molecular formula is C13H21N3O. The van der Waals surface area contributed by atoms with Crippen LogP contribution in [-0.4, -0.2) is 47.9 Å². The molecule has 0 aromatic carbocycles. The van der Waals surface area contributed by atoms with E-state index in [4.69, 9.17) is 5.26 Å². The molecule has 2 unspecified atom stereocenters. The molecule has 94 valence electrons. The van der Waals surface area contributed by atoms with E-state index in [9.17, 15) is 4.79 Å². The van der Waals surface area contributed by atoms with Gasteiger partial charge in [-0.05, 0) is 32.9 Å². The number of hydrogen-bond acceptors (Lipinski definition) is 3. The van der Waals surface area contributed by atoms with Gasteiger partial charge < -0.3 is 4.90 Å². The van der Waals surface area contributed by atoms with Crippen LogP contribution in [0, 0.1) is 17.2 Å². The lowest BCUT2D eigenvalue weighted by atomic mass is 10.1. The summed E-state index contributed by atoms with van der Waals surface area (Å²) in [5.41, 5.74) is 0. The average molecular weight is 235 g/mol. The SMILES string of the molecule is CC(CN1CC(C#N)CC1=O)N1CCCCC1. The molecule has 2 saturated heterocycles.